The Bertz CT molecular complexity index is 760. The molecule has 2 rings (SSSR count). The van der Waals surface area contributed by atoms with Gasteiger partial charge in [0.05, 0.1) is 26.2 Å². The average Bonchev–Trinajstić information content (AvgIpc) is 2.66. The molecule has 0 fully saturated rings. The van der Waals surface area contributed by atoms with Gasteiger partial charge in [-0.25, -0.2) is 0 Å². The Kier molecular flexibility index (Phi) is 8.02. The third-order valence-electron chi connectivity index (χ3n) is 4.16. The lowest BCUT2D eigenvalue weighted by Crippen LogP contribution is -2.43. The highest BCUT2D eigenvalue weighted by molar-refractivity contribution is 5.81. The van der Waals surface area contributed by atoms with Crippen LogP contribution in [-0.2, 0) is 9.59 Å². The van der Waals surface area contributed by atoms with Gasteiger partial charge in [-0.1, -0.05) is 42.5 Å². The third kappa shape index (κ3) is 6.70. The predicted molar refractivity (Wildman–Crippen MR) is 110 cm³/mol. The van der Waals surface area contributed by atoms with Crippen molar-refractivity contribution in [3.8, 4) is 5.75 Å². The lowest BCUT2D eigenvalue weighted by Gasteiger charge is -2.22. The van der Waals surface area contributed by atoms with Crippen molar-refractivity contribution in [2.45, 2.75) is 25.9 Å². The molecule has 0 saturated heterocycles. The van der Waals surface area contributed by atoms with Gasteiger partial charge in [0.1, 0.15) is 5.75 Å². The predicted octanol–water partition coefficient (Wildman–Crippen LogP) is 2.36. The largest absolute Gasteiger partial charge is 0.497 e. The first-order chi connectivity index (χ1) is 13.4. The van der Waals surface area contributed by atoms with Gasteiger partial charge in [-0.15, -0.1) is 0 Å². The average molecular weight is 383 g/mol. The van der Waals surface area contributed by atoms with Crippen LogP contribution in [0.25, 0.3) is 0 Å². The molecule has 1 atom stereocenters. The fourth-order valence-corrected chi connectivity index (χ4v) is 2.92. The number of carbonyl (C=O) groups excluding carboxylic acids is 2. The van der Waals surface area contributed by atoms with Gasteiger partial charge in [-0.2, -0.15) is 0 Å². The quantitative estimate of drug-likeness (QED) is 0.697. The molecule has 0 aliphatic heterocycles. The normalized spacial score (nSPS) is 11.9. The molecule has 6 heteroatoms. The summed E-state index contributed by atoms with van der Waals surface area (Å²) in [5.41, 5.74) is 1.95. The molecule has 0 saturated carbocycles. The molecule has 28 heavy (non-hydrogen) atoms. The Morgan fingerprint density at radius 2 is 1.43 bits per heavy atom. The number of benzene rings is 2. The van der Waals surface area contributed by atoms with E-state index in [0.29, 0.717) is 0 Å². The molecule has 0 bridgehead atoms. The molecule has 2 amide bonds. The fourth-order valence-electron chi connectivity index (χ4n) is 2.92. The summed E-state index contributed by atoms with van der Waals surface area (Å²) in [7, 11) is 3.38. The molecule has 2 aromatic rings. The molecule has 2 aromatic carbocycles. The number of hydrogen-bond donors (Lipinski definition) is 2. The smallest absolute Gasteiger partial charge is 0.234 e. The summed E-state index contributed by atoms with van der Waals surface area (Å²) in [5.74, 6) is 0.516. The molecular weight excluding hydrogens is 354 g/mol. The summed E-state index contributed by atoms with van der Waals surface area (Å²) in [4.78, 5) is 26.2. The molecule has 0 unspecified atom stereocenters. The molecule has 2 N–H and O–H groups in total. The number of carbonyl (C=O) groups is 2. The number of hydrogen-bond acceptors (Lipinski definition) is 4. The lowest BCUT2D eigenvalue weighted by atomic mass is 9.98. The first-order valence-corrected chi connectivity index (χ1v) is 9.35. The SMILES string of the molecule is COc1ccc([C@H](NC(=O)CN(C)CC(=O)NC(C)C)c2ccccc2)cc1. The number of nitrogens with zero attached hydrogens (tertiary/aromatic N) is 1. The van der Waals surface area contributed by atoms with E-state index in [0.717, 1.165) is 16.9 Å². The van der Waals surface area contributed by atoms with Crippen molar-refractivity contribution in [1.82, 2.24) is 15.5 Å². The minimum absolute atomic E-state index is 0.0762. The summed E-state index contributed by atoms with van der Waals surface area (Å²) in [5, 5.41) is 5.90. The number of likely N-dealkylation sites (N-methyl/N-ethyl adjacent to an activating group) is 1. The van der Waals surface area contributed by atoms with Gasteiger partial charge < -0.3 is 15.4 Å². The second kappa shape index (κ2) is 10.5. The zero-order chi connectivity index (χ0) is 20.5. The van der Waals surface area contributed by atoms with Gasteiger partial charge in [0.2, 0.25) is 11.8 Å². The summed E-state index contributed by atoms with van der Waals surface area (Å²) in [6, 6.07) is 17.2. The number of nitrogens with one attached hydrogen (secondary N) is 2. The van der Waals surface area contributed by atoms with E-state index in [-0.39, 0.29) is 37.0 Å². The lowest BCUT2D eigenvalue weighted by molar-refractivity contribution is -0.125. The van der Waals surface area contributed by atoms with Gasteiger partial charge in [-0.05, 0) is 44.2 Å². The van der Waals surface area contributed by atoms with E-state index in [1.54, 1.807) is 19.1 Å². The van der Waals surface area contributed by atoms with Gasteiger partial charge in [0.15, 0.2) is 0 Å². The molecule has 0 heterocycles. The minimum atomic E-state index is -0.280. The first-order valence-electron chi connectivity index (χ1n) is 9.35. The Balaban J connectivity index is 2.07. The van der Waals surface area contributed by atoms with E-state index in [4.69, 9.17) is 4.74 Å². The Labute approximate surface area is 166 Å². The Hall–Kier alpha value is -2.86. The number of amides is 2. The highest BCUT2D eigenvalue weighted by Crippen LogP contribution is 2.24. The van der Waals surface area contributed by atoms with Crippen molar-refractivity contribution in [2.75, 3.05) is 27.2 Å². The second-order valence-corrected chi connectivity index (χ2v) is 7.08. The van der Waals surface area contributed by atoms with Gasteiger partial charge in [-0.3, -0.25) is 14.5 Å². The highest BCUT2D eigenvalue weighted by Gasteiger charge is 2.18. The van der Waals surface area contributed by atoms with E-state index in [9.17, 15) is 9.59 Å². The molecule has 6 nitrogen and oxygen atoms in total. The summed E-state index contributed by atoms with van der Waals surface area (Å²) in [6.07, 6.45) is 0. The van der Waals surface area contributed by atoms with Crippen LogP contribution in [0, 0.1) is 0 Å². The molecule has 0 spiro atoms. The topological polar surface area (TPSA) is 70.7 Å². The van der Waals surface area contributed by atoms with Crippen LogP contribution in [-0.4, -0.2) is 50.0 Å². The molecule has 0 aliphatic carbocycles. The molecule has 150 valence electrons. The van der Waals surface area contributed by atoms with Crippen molar-refractivity contribution < 1.29 is 14.3 Å². The van der Waals surface area contributed by atoms with Crippen LogP contribution < -0.4 is 15.4 Å². The van der Waals surface area contributed by atoms with Crippen LogP contribution in [0.3, 0.4) is 0 Å². The fraction of sp³-hybridized carbons (Fsp3) is 0.364. The highest BCUT2D eigenvalue weighted by atomic mass is 16.5. The maximum Gasteiger partial charge on any atom is 0.234 e. The molecule has 0 aromatic heterocycles. The van der Waals surface area contributed by atoms with Crippen molar-refractivity contribution in [1.29, 1.82) is 0 Å². The van der Waals surface area contributed by atoms with Crippen molar-refractivity contribution in [3.05, 3.63) is 65.7 Å². The number of rotatable bonds is 9. The number of ether oxygens (including phenoxy) is 1. The van der Waals surface area contributed by atoms with E-state index < -0.39 is 0 Å². The molecular formula is C22H29N3O3. The van der Waals surface area contributed by atoms with E-state index in [1.165, 1.54) is 0 Å². The van der Waals surface area contributed by atoms with Crippen molar-refractivity contribution >= 4 is 11.8 Å². The summed E-state index contributed by atoms with van der Waals surface area (Å²) in [6.45, 7) is 4.11. The third-order valence-corrected chi connectivity index (χ3v) is 4.16. The van der Waals surface area contributed by atoms with Crippen molar-refractivity contribution in [2.24, 2.45) is 0 Å². The first kappa shape index (κ1) is 21.4. The van der Waals surface area contributed by atoms with Crippen LogP contribution in [0.15, 0.2) is 54.6 Å². The van der Waals surface area contributed by atoms with Crippen molar-refractivity contribution in [3.63, 3.8) is 0 Å². The van der Waals surface area contributed by atoms with Gasteiger partial charge in [0.25, 0.3) is 0 Å². The zero-order valence-electron chi connectivity index (χ0n) is 16.9. The maximum atomic E-state index is 12.6. The monoisotopic (exact) mass is 383 g/mol. The van der Waals surface area contributed by atoms with Crippen LogP contribution in [0.4, 0.5) is 0 Å². The van der Waals surface area contributed by atoms with E-state index in [1.807, 2.05) is 68.4 Å². The minimum Gasteiger partial charge on any atom is -0.497 e. The van der Waals surface area contributed by atoms with Gasteiger partial charge >= 0.3 is 0 Å². The Morgan fingerprint density at radius 1 is 0.893 bits per heavy atom. The standard InChI is InChI=1S/C22H29N3O3/c1-16(2)23-20(26)14-25(3)15-21(27)24-22(17-8-6-5-7-9-17)18-10-12-19(28-4)13-11-18/h5-13,16,22H,14-15H2,1-4H3,(H,23,26)(H,24,27)/t22-/m1/s1. The summed E-state index contributed by atoms with van der Waals surface area (Å²) < 4.78 is 5.22. The molecule has 0 aliphatic rings. The second-order valence-electron chi connectivity index (χ2n) is 7.08. The van der Waals surface area contributed by atoms with Crippen LogP contribution in [0.1, 0.15) is 31.0 Å². The Morgan fingerprint density at radius 3 is 1.96 bits per heavy atom. The van der Waals surface area contributed by atoms with Gasteiger partial charge in [0, 0.05) is 6.04 Å². The number of methoxy groups -OCH3 is 1. The zero-order valence-corrected chi connectivity index (χ0v) is 16.9. The maximum absolute atomic E-state index is 12.6. The van der Waals surface area contributed by atoms with E-state index in [2.05, 4.69) is 10.6 Å². The van der Waals surface area contributed by atoms with E-state index >= 15 is 0 Å². The van der Waals surface area contributed by atoms with Crippen LogP contribution in [0.5, 0.6) is 5.75 Å². The van der Waals surface area contributed by atoms with Crippen LogP contribution >= 0.6 is 0 Å². The summed E-state index contributed by atoms with van der Waals surface area (Å²) >= 11 is 0. The molecule has 0 radical (unpaired) electrons. The van der Waals surface area contributed by atoms with Crippen LogP contribution in [0.2, 0.25) is 0 Å².